The summed E-state index contributed by atoms with van der Waals surface area (Å²) in [6.45, 7) is 4.09. The van der Waals surface area contributed by atoms with Gasteiger partial charge in [-0.25, -0.2) is 9.37 Å². The van der Waals surface area contributed by atoms with Crippen LogP contribution in [-0.2, 0) is 6.61 Å². The van der Waals surface area contributed by atoms with Crippen LogP contribution in [0.4, 0.5) is 4.39 Å². The summed E-state index contributed by atoms with van der Waals surface area (Å²) < 4.78 is 18.8. The number of aromatic nitrogens is 1. The molecule has 0 bridgehead atoms. The number of aliphatic hydroxyl groups excluding tert-OH is 1. The first-order valence-electron chi connectivity index (χ1n) is 7.42. The molecular formula is C18H18FNO2. The predicted molar refractivity (Wildman–Crippen MR) is 84.0 cm³/mol. The van der Waals surface area contributed by atoms with Gasteiger partial charge >= 0.3 is 0 Å². The van der Waals surface area contributed by atoms with Gasteiger partial charge in [0.1, 0.15) is 23.7 Å². The Balaban J connectivity index is 2.21. The van der Waals surface area contributed by atoms with E-state index < -0.39 is 0 Å². The van der Waals surface area contributed by atoms with Crippen LogP contribution in [0.2, 0.25) is 0 Å². The minimum atomic E-state index is -0.266. The van der Waals surface area contributed by atoms with E-state index in [0.29, 0.717) is 11.7 Å². The molecule has 1 unspecified atom stereocenters. The van der Waals surface area contributed by atoms with Crippen LogP contribution in [0.1, 0.15) is 37.5 Å². The van der Waals surface area contributed by atoms with E-state index in [1.165, 1.54) is 12.1 Å². The molecule has 1 aromatic carbocycles. The van der Waals surface area contributed by atoms with Crippen molar-refractivity contribution in [3.63, 3.8) is 0 Å². The van der Waals surface area contributed by atoms with Crippen molar-refractivity contribution in [2.24, 2.45) is 0 Å². The number of halogens is 1. The molecule has 0 radical (unpaired) electrons. The molecule has 0 spiro atoms. The highest BCUT2D eigenvalue weighted by Crippen LogP contribution is 2.32. The van der Waals surface area contributed by atoms with Gasteiger partial charge in [0.05, 0.1) is 5.69 Å². The normalized spacial score (nSPS) is 12.7. The van der Waals surface area contributed by atoms with Gasteiger partial charge in [0.25, 0.3) is 0 Å². The zero-order valence-electron chi connectivity index (χ0n) is 12.6. The van der Waals surface area contributed by atoms with E-state index in [-0.39, 0.29) is 12.4 Å². The maximum absolute atomic E-state index is 13.1. The van der Waals surface area contributed by atoms with Crippen LogP contribution in [0.15, 0.2) is 40.8 Å². The largest absolute Gasteiger partial charge is 0.457 e. The highest BCUT2D eigenvalue weighted by atomic mass is 19.1. The number of hydrogen-bond donors (Lipinski definition) is 1. The minimum absolute atomic E-state index is 0.151. The van der Waals surface area contributed by atoms with Crippen LogP contribution >= 0.6 is 0 Å². The van der Waals surface area contributed by atoms with Gasteiger partial charge in [-0.05, 0) is 42.7 Å². The zero-order chi connectivity index (χ0) is 15.7. The second-order valence-electron chi connectivity index (χ2n) is 5.50. The van der Waals surface area contributed by atoms with E-state index in [0.717, 1.165) is 34.3 Å². The molecule has 4 heteroatoms. The first-order valence-corrected chi connectivity index (χ1v) is 7.42. The maximum atomic E-state index is 13.1. The van der Waals surface area contributed by atoms with Crippen LogP contribution in [0.5, 0.6) is 0 Å². The molecule has 0 saturated carbocycles. The number of fused-ring (bicyclic) bond motifs is 1. The van der Waals surface area contributed by atoms with Crippen LogP contribution < -0.4 is 0 Å². The molecule has 0 saturated heterocycles. The molecule has 2 heterocycles. The maximum Gasteiger partial charge on any atom is 0.156 e. The molecule has 3 aromatic rings. The van der Waals surface area contributed by atoms with Crippen molar-refractivity contribution >= 4 is 11.1 Å². The lowest BCUT2D eigenvalue weighted by atomic mass is 9.96. The Morgan fingerprint density at radius 2 is 1.95 bits per heavy atom. The molecule has 3 rings (SSSR count). The molecule has 0 aliphatic heterocycles. The van der Waals surface area contributed by atoms with Crippen molar-refractivity contribution in [3.8, 4) is 11.3 Å². The number of pyridine rings is 1. The monoisotopic (exact) mass is 299 g/mol. The summed E-state index contributed by atoms with van der Waals surface area (Å²) in [4.78, 5) is 4.59. The quantitative estimate of drug-likeness (QED) is 0.763. The van der Waals surface area contributed by atoms with E-state index in [2.05, 4.69) is 18.8 Å². The second-order valence-corrected chi connectivity index (χ2v) is 5.50. The zero-order valence-corrected chi connectivity index (χ0v) is 12.6. The Labute approximate surface area is 128 Å². The average Bonchev–Trinajstić information content (AvgIpc) is 2.97. The molecule has 22 heavy (non-hydrogen) atoms. The Morgan fingerprint density at radius 1 is 1.23 bits per heavy atom. The third kappa shape index (κ3) is 2.62. The topological polar surface area (TPSA) is 46.3 Å². The number of rotatable bonds is 4. The van der Waals surface area contributed by atoms with Crippen molar-refractivity contribution < 1.29 is 13.9 Å². The number of hydrogen-bond acceptors (Lipinski definition) is 3. The molecule has 1 atom stereocenters. The number of nitrogens with zero attached hydrogens (tertiary/aromatic N) is 1. The fraction of sp³-hybridized carbons (Fsp3) is 0.278. The predicted octanol–water partition coefficient (Wildman–Crippen LogP) is 4.64. The SMILES string of the molecule is CCC(C)c1cc(-c2ccc(F)cc2)nc2cc(CO)oc12. The van der Waals surface area contributed by atoms with Crippen molar-refractivity contribution in [3.05, 3.63) is 53.5 Å². The first kappa shape index (κ1) is 14.7. The van der Waals surface area contributed by atoms with Crippen LogP contribution in [0.25, 0.3) is 22.4 Å². The Kier molecular flexibility index (Phi) is 3.94. The highest BCUT2D eigenvalue weighted by molar-refractivity contribution is 5.81. The van der Waals surface area contributed by atoms with Gasteiger partial charge in [-0.1, -0.05) is 13.8 Å². The summed E-state index contributed by atoms with van der Waals surface area (Å²) in [5.74, 6) is 0.545. The van der Waals surface area contributed by atoms with Gasteiger partial charge in [0.2, 0.25) is 0 Å². The molecule has 0 amide bonds. The summed E-state index contributed by atoms with van der Waals surface area (Å²) in [6.07, 6.45) is 0.969. The summed E-state index contributed by atoms with van der Waals surface area (Å²) in [5.41, 5.74) is 4.16. The smallest absolute Gasteiger partial charge is 0.156 e. The molecule has 0 fully saturated rings. The average molecular weight is 299 g/mol. The summed E-state index contributed by atoms with van der Waals surface area (Å²) in [6, 6.07) is 10.0. The molecule has 0 aliphatic rings. The van der Waals surface area contributed by atoms with Gasteiger partial charge < -0.3 is 9.52 Å². The van der Waals surface area contributed by atoms with Gasteiger partial charge in [-0.15, -0.1) is 0 Å². The number of aliphatic hydroxyl groups is 1. The van der Waals surface area contributed by atoms with E-state index in [4.69, 9.17) is 4.42 Å². The van der Waals surface area contributed by atoms with E-state index >= 15 is 0 Å². The molecule has 2 aromatic heterocycles. The van der Waals surface area contributed by atoms with Gasteiger partial charge in [-0.2, -0.15) is 0 Å². The standard InChI is InChI=1S/C18H18FNO2/c1-3-11(2)15-9-16(12-4-6-13(19)7-5-12)20-17-8-14(10-21)22-18(15)17/h4-9,11,21H,3,10H2,1-2H3. The molecule has 0 aliphatic carbocycles. The summed E-state index contributed by atoms with van der Waals surface area (Å²) in [7, 11) is 0. The van der Waals surface area contributed by atoms with Crippen molar-refractivity contribution in [1.82, 2.24) is 4.98 Å². The lowest BCUT2D eigenvalue weighted by Gasteiger charge is -2.11. The third-order valence-corrected chi connectivity index (χ3v) is 4.00. The second kappa shape index (κ2) is 5.89. The van der Waals surface area contributed by atoms with Gasteiger partial charge in [-0.3, -0.25) is 0 Å². The number of benzene rings is 1. The van der Waals surface area contributed by atoms with Crippen molar-refractivity contribution in [2.75, 3.05) is 0 Å². The van der Waals surface area contributed by atoms with Crippen molar-refractivity contribution in [1.29, 1.82) is 0 Å². The summed E-state index contributed by atoms with van der Waals surface area (Å²) >= 11 is 0. The number of furan rings is 1. The third-order valence-electron chi connectivity index (χ3n) is 4.00. The van der Waals surface area contributed by atoms with Crippen LogP contribution in [0.3, 0.4) is 0 Å². The van der Waals surface area contributed by atoms with Gasteiger partial charge in [0, 0.05) is 17.2 Å². The Hall–Kier alpha value is -2.20. The first-order chi connectivity index (χ1) is 10.6. The van der Waals surface area contributed by atoms with Crippen molar-refractivity contribution in [2.45, 2.75) is 32.8 Å². The fourth-order valence-electron chi connectivity index (χ4n) is 2.53. The molecule has 1 N–H and O–H groups in total. The van der Waals surface area contributed by atoms with Gasteiger partial charge in [0.15, 0.2) is 5.58 Å². The van der Waals surface area contributed by atoms with E-state index in [9.17, 15) is 9.50 Å². The molecular weight excluding hydrogens is 281 g/mol. The lowest BCUT2D eigenvalue weighted by Crippen LogP contribution is -1.95. The summed E-state index contributed by atoms with van der Waals surface area (Å²) in [5, 5.41) is 9.28. The molecule has 3 nitrogen and oxygen atoms in total. The molecule has 114 valence electrons. The van der Waals surface area contributed by atoms with Crippen LogP contribution in [-0.4, -0.2) is 10.1 Å². The highest BCUT2D eigenvalue weighted by Gasteiger charge is 2.16. The fourth-order valence-corrected chi connectivity index (χ4v) is 2.53. The van der Waals surface area contributed by atoms with E-state index in [1.807, 2.05) is 6.07 Å². The minimum Gasteiger partial charge on any atom is -0.457 e. The van der Waals surface area contributed by atoms with E-state index in [1.54, 1.807) is 18.2 Å². The van der Waals surface area contributed by atoms with Crippen LogP contribution in [0, 0.1) is 5.82 Å². The Bertz CT molecular complexity index is 793. The Morgan fingerprint density at radius 3 is 2.59 bits per heavy atom. The lowest BCUT2D eigenvalue weighted by molar-refractivity contribution is 0.251.